The molecule has 0 atom stereocenters. The highest BCUT2D eigenvalue weighted by atomic mass is 16.4. The molecule has 0 heterocycles. The minimum absolute atomic E-state index is 0.139. The molecule has 0 aliphatic carbocycles. The van der Waals surface area contributed by atoms with Crippen LogP contribution in [0.3, 0.4) is 0 Å². The van der Waals surface area contributed by atoms with Gasteiger partial charge < -0.3 is 30.6 Å². The van der Waals surface area contributed by atoms with Crippen LogP contribution in [-0.2, 0) is 14.4 Å². The molecule has 0 aromatic heterocycles. The van der Waals surface area contributed by atoms with Gasteiger partial charge >= 0.3 is 17.9 Å². The molecule has 0 unspecified atom stereocenters. The SMILES string of the molecule is CCCCC(=O)O.CCCCC(=O)O.CCCCC(=O)O.CCCCC(CO)(CO)CO. The minimum atomic E-state index is -0.693. The van der Waals surface area contributed by atoms with Crippen molar-refractivity contribution < 1.29 is 45.0 Å². The van der Waals surface area contributed by atoms with Gasteiger partial charge in [-0.05, 0) is 25.7 Å². The lowest BCUT2D eigenvalue weighted by Crippen LogP contribution is -2.33. The highest BCUT2D eigenvalue weighted by Gasteiger charge is 2.26. The van der Waals surface area contributed by atoms with Gasteiger partial charge in [0.2, 0.25) is 0 Å². The van der Waals surface area contributed by atoms with E-state index in [4.69, 9.17) is 30.6 Å². The molecular formula is C23H48O9. The summed E-state index contributed by atoms with van der Waals surface area (Å²) in [6.45, 7) is 7.55. The minimum Gasteiger partial charge on any atom is -0.481 e. The lowest BCUT2D eigenvalue weighted by molar-refractivity contribution is -0.138. The van der Waals surface area contributed by atoms with E-state index in [2.05, 4.69) is 0 Å². The Morgan fingerprint density at radius 3 is 0.906 bits per heavy atom. The first kappa shape index (κ1) is 37.6. The fourth-order valence-electron chi connectivity index (χ4n) is 1.92. The highest BCUT2D eigenvalue weighted by Crippen LogP contribution is 2.22. The van der Waals surface area contributed by atoms with Gasteiger partial charge in [-0.1, -0.05) is 59.8 Å². The summed E-state index contributed by atoms with van der Waals surface area (Å²) >= 11 is 0. The van der Waals surface area contributed by atoms with Crippen molar-refractivity contribution in [2.45, 2.75) is 105 Å². The molecule has 9 heteroatoms. The molecule has 6 N–H and O–H groups in total. The second-order valence-corrected chi connectivity index (χ2v) is 7.57. The Balaban J connectivity index is -0.000000167. The summed E-state index contributed by atoms with van der Waals surface area (Å²) in [5.74, 6) is -2.08. The zero-order valence-corrected chi connectivity index (χ0v) is 20.5. The molecule has 32 heavy (non-hydrogen) atoms. The van der Waals surface area contributed by atoms with Crippen molar-refractivity contribution in [1.82, 2.24) is 0 Å². The van der Waals surface area contributed by atoms with Crippen molar-refractivity contribution in [3.8, 4) is 0 Å². The van der Waals surface area contributed by atoms with Crippen molar-refractivity contribution in [1.29, 1.82) is 0 Å². The van der Waals surface area contributed by atoms with E-state index < -0.39 is 23.3 Å². The lowest BCUT2D eigenvalue weighted by atomic mass is 9.85. The summed E-state index contributed by atoms with van der Waals surface area (Å²) in [5, 5.41) is 50.8. The molecule has 0 rings (SSSR count). The number of carboxylic acids is 3. The highest BCUT2D eigenvalue weighted by molar-refractivity contribution is 5.67. The number of carboxylic acid groups (broad SMARTS) is 3. The van der Waals surface area contributed by atoms with Gasteiger partial charge in [0.05, 0.1) is 19.8 Å². The van der Waals surface area contributed by atoms with Gasteiger partial charge in [0.15, 0.2) is 0 Å². The van der Waals surface area contributed by atoms with Crippen molar-refractivity contribution in [3.63, 3.8) is 0 Å². The number of aliphatic carboxylic acids is 3. The van der Waals surface area contributed by atoms with Crippen LogP contribution in [0.4, 0.5) is 0 Å². The molecule has 0 spiro atoms. The van der Waals surface area contributed by atoms with E-state index in [0.29, 0.717) is 25.7 Å². The predicted molar refractivity (Wildman–Crippen MR) is 125 cm³/mol. The Morgan fingerprint density at radius 2 is 0.781 bits per heavy atom. The third kappa shape index (κ3) is 35.7. The first-order valence-corrected chi connectivity index (χ1v) is 11.5. The molecule has 0 aliphatic rings. The van der Waals surface area contributed by atoms with Crippen molar-refractivity contribution >= 4 is 17.9 Å². The Bertz CT molecular complexity index is 371. The van der Waals surface area contributed by atoms with E-state index >= 15 is 0 Å². The Morgan fingerprint density at radius 1 is 0.531 bits per heavy atom. The summed E-state index contributed by atoms with van der Waals surface area (Å²) in [5.41, 5.74) is -0.657. The zero-order chi connectivity index (χ0) is 25.8. The number of aliphatic hydroxyl groups excluding tert-OH is 3. The van der Waals surface area contributed by atoms with Crippen molar-refractivity contribution in [2.75, 3.05) is 19.8 Å². The van der Waals surface area contributed by atoms with Gasteiger partial charge in [0.25, 0.3) is 0 Å². The topological polar surface area (TPSA) is 173 Å². The van der Waals surface area contributed by atoms with Crippen LogP contribution in [0.15, 0.2) is 0 Å². The third-order valence-corrected chi connectivity index (χ3v) is 4.30. The summed E-state index contributed by atoms with van der Waals surface area (Å²) < 4.78 is 0. The van der Waals surface area contributed by atoms with E-state index in [1.165, 1.54) is 0 Å². The van der Waals surface area contributed by atoms with E-state index in [0.717, 1.165) is 51.4 Å². The van der Waals surface area contributed by atoms with Crippen LogP contribution >= 0.6 is 0 Å². The van der Waals surface area contributed by atoms with Crippen LogP contribution in [0.25, 0.3) is 0 Å². The number of rotatable bonds is 15. The molecule has 0 saturated carbocycles. The van der Waals surface area contributed by atoms with E-state index in [9.17, 15) is 14.4 Å². The molecule has 194 valence electrons. The molecule has 0 aromatic rings. The Hall–Kier alpha value is -1.71. The third-order valence-electron chi connectivity index (χ3n) is 4.30. The summed E-state index contributed by atoms with van der Waals surface area (Å²) in [6, 6.07) is 0. The number of aliphatic hydroxyl groups is 3. The van der Waals surface area contributed by atoms with E-state index in [-0.39, 0.29) is 19.8 Å². The van der Waals surface area contributed by atoms with Gasteiger partial charge in [-0.2, -0.15) is 0 Å². The average Bonchev–Trinajstić information content (AvgIpc) is 2.77. The molecule has 9 nitrogen and oxygen atoms in total. The van der Waals surface area contributed by atoms with Crippen LogP contribution in [-0.4, -0.2) is 68.4 Å². The van der Waals surface area contributed by atoms with Crippen LogP contribution in [0.1, 0.15) is 105 Å². The number of hydrogen-bond acceptors (Lipinski definition) is 6. The van der Waals surface area contributed by atoms with Gasteiger partial charge in [0, 0.05) is 24.7 Å². The first-order valence-electron chi connectivity index (χ1n) is 11.5. The largest absolute Gasteiger partial charge is 0.481 e. The second kappa shape index (κ2) is 29.3. The fraction of sp³-hybridized carbons (Fsp3) is 0.870. The molecule has 0 bridgehead atoms. The van der Waals surface area contributed by atoms with Crippen LogP contribution < -0.4 is 0 Å². The molecule has 0 saturated heterocycles. The smallest absolute Gasteiger partial charge is 0.303 e. The first-order chi connectivity index (χ1) is 15.1. The molecule has 0 radical (unpaired) electrons. The van der Waals surface area contributed by atoms with Crippen LogP contribution in [0.5, 0.6) is 0 Å². The van der Waals surface area contributed by atoms with Gasteiger partial charge in [-0.3, -0.25) is 14.4 Å². The quantitative estimate of drug-likeness (QED) is 0.208. The summed E-state index contributed by atoms with van der Waals surface area (Å²) in [4.78, 5) is 29.3. The van der Waals surface area contributed by atoms with Crippen molar-refractivity contribution in [3.05, 3.63) is 0 Å². The van der Waals surface area contributed by atoms with E-state index in [1.54, 1.807) is 0 Å². The zero-order valence-electron chi connectivity index (χ0n) is 20.5. The maximum atomic E-state index is 9.76. The van der Waals surface area contributed by atoms with Gasteiger partial charge in [-0.25, -0.2) is 0 Å². The monoisotopic (exact) mass is 468 g/mol. The van der Waals surface area contributed by atoms with Crippen LogP contribution in [0, 0.1) is 5.41 Å². The van der Waals surface area contributed by atoms with Gasteiger partial charge in [0.1, 0.15) is 0 Å². The van der Waals surface area contributed by atoms with Crippen LogP contribution in [0.2, 0.25) is 0 Å². The van der Waals surface area contributed by atoms with E-state index in [1.807, 2.05) is 27.7 Å². The molecule has 0 amide bonds. The molecule has 0 fully saturated rings. The fourth-order valence-corrected chi connectivity index (χ4v) is 1.92. The standard InChI is InChI=1S/C8H18O3.3C5H10O2/c1-2-3-4-8(5-9,6-10)7-11;3*1-2-3-4-5(6)7/h9-11H,2-7H2,1H3;3*2-4H2,1H3,(H,6,7). The Labute approximate surface area is 193 Å². The number of unbranched alkanes of at least 4 members (excludes halogenated alkanes) is 4. The molecular weight excluding hydrogens is 420 g/mol. The van der Waals surface area contributed by atoms with Crippen molar-refractivity contribution in [2.24, 2.45) is 5.41 Å². The average molecular weight is 469 g/mol. The maximum Gasteiger partial charge on any atom is 0.303 e. The molecule has 0 aromatic carbocycles. The summed E-state index contributed by atoms with van der Waals surface area (Å²) in [7, 11) is 0. The molecule has 0 aliphatic heterocycles. The number of hydrogen-bond donors (Lipinski definition) is 6. The second-order valence-electron chi connectivity index (χ2n) is 7.57. The predicted octanol–water partition coefficient (Wildman–Crippen LogP) is 3.92. The maximum absolute atomic E-state index is 9.76. The normalized spacial score (nSPS) is 9.84. The lowest BCUT2D eigenvalue weighted by Gasteiger charge is -2.26. The summed E-state index contributed by atoms with van der Waals surface area (Å²) in [6.07, 6.45) is 8.88. The van der Waals surface area contributed by atoms with Gasteiger partial charge in [-0.15, -0.1) is 0 Å². The number of carbonyl (C=O) groups is 3. The Kier molecular flexibility index (Phi) is 34.4.